The maximum atomic E-state index is 12.5. The molecule has 0 spiro atoms. The van der Waals surface area contributed by atoms with Gasteiger partial charge in [-0.25, -0.2) is 4.98 Å². The third-order valence-electron chi connectivity index (χ3n) is 3.83. The van der Waals surface area contributed by atoms with Crippen LogP contribution in [-0.4, -0.2) is 34.7 Å². The van der Waals surface area contributed by atoms with Gasteiger partial charge in [0.05, 0.1) is 17.8 Å². The number of thiophene rings is 1. The van der Waals surface area contributed by atoms with Crippen LogP contribution < -0.4 is 10.9 Å². The third kappa shape index (κ3) is 4.64. The Morgan fingerprint density at radius 3 is 2.88 bits per heavy atom. The van der Waals surface area contributed by atoms with E-state index in [1.807, 2.05) is 27.7 Å². The van der Waals surface area contributed by atoms with Crippen LogP contribution in [0.3, 0.4) is 0 Å². The molecule has 0 aliphatic heterocycles. The second-order valence-electron chi connectivity index (χ2n) is 6.08. The molecule has 0 aliphatic rings. The monoisotopic (exact) mass is 351 g/mol. The molecule has 132 valence electrons. The Balaban J connectivity index is 1.87. The van der Waals surface area contributed by atoms with Crippen molar-refractivity contribution < 1.29 is 9.53 Å². The molecule has 7 heteroatoms. The van der Waals surface area contributed by atoms with Gasteiger partial charge in [0.25, 0.3) is 5.56 Å². The molecule has 0 radical (unpaired) electrons. The van der Waals surface area contributed by atoms with E-state index in [-0.39, 0.29) is 24.0 Å². The lowest BCUT2D eigenvalue weighted by Crippen LogP contribution is -2.28. The van der Waals surface area contributed by atoms with E-state index in [2.05, 4.69) is 10.3 Å². The molecule has 0 saturated carbocycles. The van der Waals surface area contributed by atoms with Gasteiger partial charge in [-0.2, -0.15) is 0 Å². The Bertz CT molecular complexity index is 764. The Morgan fingerprint density at radius 2 is 2.17 bits per heavy atom. The Morgan fingerprint density at radius 1 is 1.42 bits per heavy atom. The molecule has 2 aromatic heterocycles. The number of hydrogen-bond acceptors (Lipinski definition) is 5. The van der Waals surface area contributed by atoms with Crippen LogP contribution in [0, 0.1) is 13.8 Å². The van der Waals surface area contributed by atoms with E-state index in [0.717, 1.165) is 21.7 Å². The molecule has 0 aromatic carbocycles. The number of carbonyl (C=O) groups excluding carboxylic acids is 1. The van der Waals surface area contributed by atoms with Gasteiger partial charge in [0.2, 0.25) is 5.91 Å². The molecular weight excluding hydrogens is 326 g/mol. The quantitative estimate of drug-likeness (QED) is 0.741. The standard InChI is InChI=1S/C17H25N3O3S/c1-11(2)23-9-5-7-18-14(21)6-8-20-10-19-16-15(17(20)22)12(3)13(4)24-16/h10-11H,5-9H2,1-4H3,(H,18,21). The second-order valence-corrected chi connectivity index (χ2v) is 7.28. The lowest BCUT2D eigenvalue weighted by atomic mass is 10.2. The van der Waals surface area contributed by atoms with Crippen LogP contribution in [-0.2, 0) is 16.1 Å². The molecule has 6 nitrogen and oxygen atoms in total. The van der Waals surface area contributed by atoms with E-state index in [9.17, 15) is 9.59 Å². The highest BCUT2D eigenvalue weighted by Gasteiger charge is 2.12. The molecule has 24 heavy (non-hydrogen) atoms. The van der Waals surface area contributed by atoms with Crippen LogP contribution in [0.25, 0.3) is 10.2 Å². The Hall–Kier alpha value is -1.73. The summed E-state index contributed by atoms with van der Waals surface area (Å²) < 4.78 is 6.94. The number of nitrogens with one attached hydrogen (secondary N) is 1. The topological polar surface area (TPSA) is 73.2 Å². The highest BCUT2D eigenvalue weighted by molar-refractivity contribution is 7.18. The molecule has 0 aliphatic carbocycles. The van der Waals surface area contributed by atoms with Crippen LogP contribution in [0.5, 0.6) is 0 Å². The van der Waals surface area contributed by atoms with E-state index < -0.39 is 0 Å². The van der Waals surface area contributed by atoms with Crippen LogP contribution in [0.15, 0.2) is 11.1 Å². The minimum atomic E-state index is -0.0695. The molecule has 0 fully saturated rings. The summed E-state index contributed by atoms with van der Waals surface area (Å²) in [5.41, 5.74) is 0.913. The van der Waals surface area contributed by atoms with Crippen LogP contribution in [0.2, 0.25) is 0 Å². The zero-order chi connectivity index (χ0) is 17.7. The van der Waals surface area contributed by atoms with E-state index in [4.69, 9.17) is 4.74 Å². The Labute approximate surface area is 145 Å². The lowest BCUT2D eigenvalue weighted by molar-refractivity contribution is -0.121. The van der Waals surface area contributed by atoms with Crippen molar-refractivity contribution in [3.8, 4) is 0 Å². The summed E-state index contributed by atoms with van der Waals surface area (Å²) in [6.45, 7) is 9.45. The van der Waals surface area contributed by atoms with Gasteiger partial charge >= 0.3 is 0 Å². The predicted octanol–water partition coefficient (Wildman–Crippen LogP) is 2.40. The van der Waals surface area contributed by atoms with Crippen molar-refractivity contribution in [1.29, 1.82) is 0 Å². The van der Waals surface area contributed by atoms with E-state index in [1.54, 1.807) is 0 Å². The van der Waals surface area contributed by atoms with Gasteiger partial charge < -0.3 is 10.1 Å². The minimum absolute atomic E-state index is 0.0650. The molecule has 2 heterocycles. The number of hydrogen-bond donors (Lipinski definition) is 1. The summed E-state index contributed by atoms with van der Waals surface area (Å²) in [6.07, 6.45) is 2.79. The van der Waals surface area contributed by atoms with E-state index >= 15 is 0 Å². The average Bonchev–Trinajstić information content (AvgIpc) is 2.81. The molecule has 1 N–H and O–H groups in total. The first-order valence-electron chi connectivity index (χ1n) is 8.23. The highest BCUT2D eigenvalue weighted by Crippen LogP contribution is 2.25. The average molecular weight is 351 g/mol. The van der Waals surface area contributed by atoms with Crippen molar-refractivity contribution in [2.75, 3.05) is 13.2 Å². The maximum Gasteiger partial charge on any atom is 0.262 e. The number of rotatable bonds is 8. The van der Waals surface area contributed by atoms with Crippen LogP contribution >= 0.6 is 11.3 Å². The number of carbonyl (C=O) groups is 1. The highest BCUT2D eigenvalue weighted by atomic mass is 32.1. The summed E-state index contributed by atoms with van der Waals surface area (Å²) in [6, 6.07) is 0. The fourth-order valence-corrected chi connectivity index (χ4v) is 3.35. The van der Waals surface area contributed by atoms with E-state index in [1.165, 1.54) is 22.2 Å². The maximum absolute atomic E-state index is 12.5. The Kier molecular flexibility index (Phi) is 6.51. The van der Waals surface area contributed by atoms with Gasteiger partial charge in [0, 0.05) is 31.0 Å². The van der Waals surface area contributed by atoms with Crippen LogP contribution in [0.4, 0.5) is 0 Å². The smallest absolute Gasteiger partial charge is 0.262 e. The van der Waals surface area contributed by atoms with Crippen LogP contribution in [0.1, 0.15) is 37.1 Å². The normalized spacial score (nSPS) is 11.4. The molecule has 0 atom stereocenters. The van der Waals surface area contributed by atoms with Gasteiger partial charge in [-0.3, -0.25) is 14.2 Å². The summed E-state index contributed by atoms with van der Waals surface area (Å²) in [4.78, 5) is 30.6. The zero-order valence-corrected chi connectivity index (χ0v) is 15.5. The van der Waals surface area contributed by atoms with Crippen molar-refractivity contribution in [3.05, 3.63) is 27.1 Å². The fraction of sp³-hybridized carbons (Fsp3) is 0.588. The number of amides is 1. The van der Waals surface area contributed by atoms with Gasteiger partial charge in [-0.15, -0.1) is 11.3 Å². The number of aromatic nitrogens is 2. The molecular formula is C17H25N3O3S. The largest absolute Gasteiger partial charge is 0.379 e. The van der Waals surface area contributed by atoms with Crippen molar-refractivity contribution in [3.63, 3.8) is 0 Å². The number of aryl methyl sites for hydroxylation is 3. The van der Waals surface area contributed by atoms with E-state index in [0.29, 0.717) is 25.1 Å². The molecule has 0 saturated heterocycles. The van der Waals surface area contributed by atoms with Crippen molar-refractivity contribution in [2.24, 2.45) is 0 Å². The summed E-state index contributed by atoms with van der Waals surface area (Å²) >= 11 is 1.53. The first-order chi connectivity index (χ1) is 11.4. The van der Waals surface area contributed by atoms with Gasteiger partial charge in [0.15, 0.2) is 0 Å². The lowest BCUT2D eigenvalue weighted by Gasteiger charge is -2.09. The zero-order valence-electron chi connectivity index (χ0n) is 14.7. The van der Waals surface area contributed by atoms with Crippen molar-refractivity contribution >= 4 is 27.5 Å². The number of ether oxygens (including phenoxy) is 1. The second kappa shape index (κ2) is 8.39. The third-order valence-corrected chi connectivity index (χ3v) is 4.95. The molecule has 1 amide bonds. The van der Waals surface area contributed by atoms with Gasteiger partial charge in [-0.05, 0) is 39.7 Å². The fourth-order valence-electron chi connectivity index (χ4n) is 2.36. The molecule has 2 aromatic rings. The summed E-state index contributed by atoms with van der Waals surface area (Å²) in [5, 5.41) is 3.52. The summed E-state index contributed by atoms with van der Waals surface area (Å²) in [7, 11) is 0. The van der Waals surface area contributed by atoms with Crippen molar-refractivity contribution in [2.45, 2.75) is 53.2 Å². The molecule has 0 bridgehead atoms. The SMILES string of the molecule is Cc1sc2ncn(CCC(=O)NCCCOC(C)C)c(=O)c2c1C. The molecule has 0 unspecified atom stereocenters. The van der Waals surface area contributed by atoms with Gasteiger partial charge in [0.1, 0.15) is 4.83 Å². The predicted molar refractivity (Wildman–Crippen MR) is 96.7 cm³/mol. The first-order valence-corrected chi connectivity index (χ1v) is 9.05. The number of fused-ring (bicyclic) bond motifs is 1. The first kappa shape index (κ1) is 18.6. The van der Waals surface area contributed by atoms with Crippen molar-refractivity contribution in [1.82, 2.24) is 14.9 Å². The minimum Gasteiger partial charge on any atom is -0.379 e. The summed E-state index contributed by atoms with van der Waals surface area (Å²) in [5.74, 6) is -0.0650. The number of nitrogens with zero attached hydrogens (tertiary/aromatic N) is 2. The van der Waals surface area contributed by atoms with Gasteiger partial charge in [-0.1, -0.05) is 0 Å². The molecule has 2 rings (SSSR count).